The van der Waals surface area contributed by atoms with Gasteiger partial charge in [0.2, 0.25) is 0 Å². The molecule has 0 fully saturated rings. The molecule has 11 heteroatoms. The number of aromatic nitrogens is 4. The molecule has 3 rings (SSSR count). The van der Waals surface area contributed by atoms with Crippen LogP contribution >= 0.6 is 11.6 Å². The Hall–Kier alpha value is -3.27. The summed E-state index contributed by atoms with van der Waals surface area (Å²) in [6.07, 6.45) is 3.05. The maximum absolute atomic E-state index is 12.8. The molecule has 0 unspecified atom stereocenters. The van der Waals surface area contributed by atoms with Crippen LogP contribution in [0.4, 0.5) is 4.39 Å². The maximum Gasteiger partial charge on any atom is 0.316 e. The molecule has 0 atom stereocenters. The van der Waals surface area contributed by atoms with Crippen molar-refractivity contribution in [2.24, 2.45) is 0 Å². The van der Waals surface area contributed by atoms with E-state index < -0.39 is 11.7 Å². The van der Waals surface area contributed by atoms with Gasteiger partial charge in [0.15, 0.2) is 5.82 Å². The average Bonchev–Trinajstić information content (AvgIpc) is 3.28. The van der Waals surface area contributed by atoms with Crippen molar-refractivity contribution < 1.29 is 18.5 Å². The number of halogens is 2. The number of hydrogen-bond donors (Lipinski definition) is 2. The van der Waals surface area contributed by atoms with E-state index in [1.165, 1.54) is 35.1 Å². The van der Waals surface area contributed by atoms with Crippen LogP contribution in [-0.2, 0) is 6.54 Å². The monoisotopic (exact) mass is 392 g/mol. The number of amides is 2. The van der Waals surface area contributed by atoms with Gasteiger partial charge in [0.05, 0.1) is 11.2 Å². The van der Waals surface area contributed by atoms with Gasteiger partial charge in [-0.05, 0) is 24.3 Å². The zero-order valence-corrected chi connectivity index (χ0v) is 14.6. The molecule has 2 heterocycles. The van der Waals surface area contributed by atoms with Gasteiger partial charge in [-0.15, -0.1) is 0 Å². The summed E-state index contributed by atoms with van der Waals surface area (Å²) in [5.74, 6) is -1.29. The van der Waals surface area contributed by atoms with Crippen molar-refractivity contribution in [3.63, 3.8) is 0 Å². The van der Waals surface area contributed by atoms with Gasteiger partial charge in [-0.25, -0.2) is 4.39 Å². The molecule has 1 aromatic carbocycles. The lowest BCUT2D eigenvalue weighted by Crippen LogP contribution is -2.34. The summed E-state index contributed by atoms with van der Waals surface area (Å²) in [4.78, 5) is 27.8. The zero-order chi connectivity index (χ0) is 19.2. The Morgan fingerprint density at radius 1 is 1.15 bits per heavy atom. The molecule has 0 bridgehead atoms. The normalized spacial score (nSPS) is 10.6. The molecular formula is C16H14ClFN6O3. The number of nitrogens with one attached hydrogen (secondary N) is 2. The summed E-state index contributed by atoms with van der Waals surface area (Å²) in [5, 5.41) is 13.3. The van der Waals surface area contributed by atoms with E-state index >= 15 is 0 Å². The van der Waals surface area contributed by atoms with Crippen molar-refractivity contribution in [1.29, 1.82) is 0 Å². The molecule has 0 aliphatic rings. The average molecular weight is 393 g/mol. The van der Waals surface area contributed by atoms with E-state index in [2.05, 4.69) is 25.9 Å². The highest BCUT2D eigenvalue weighted by Crippen LogP contribution is 2.06. The van der Waals surface area contributed by atoms with E-state index in [0.717, 1.165) is 0 Å². The van der Waals surface area contributed by atoms with E-state index in [1.54, 1.807) is 6.20 Å². The van der Waals surface area contributed by atoms with Crippen LogP contribution in [0.1, 0.15) is 26.9 Å². The molecule has 27 heavy (non-hydrogen) atoms. The molecule has 0 saturated carbocycles. The molecule has 2 aromatic heterocycles. The van der Waals surface area contributed by atoms with E-state index in [9.17, 15) is 14.0 Å². The fourth-order valence-electron chi connectivity index (χ4n) is 2.11. The molecule has 2 amide bonds. The second-order valence-corrected chi connectivity index (χ2v) is 5.83. The molecule has 0 spiro atoms. The van der Waals surface area contributed by atoms with Gasteiger partial charge in [-0.3, -0.25) is 14.3 Å². The summed E-state index contributed by atoms with van der Waals surface area (Å²) in [5.41, 5.74) is 0.322. The highest BCUT2D eigenvalue weighted by molar-refractivity contribution is 6.30. The lowest BCUT2D eigenvalue weighted by atomic mass is 10.2. The van der Waals surface area contributed by atoms with Gasteiger partial charge in [0, 0.05) is 24.8 Å². The van der Waals surface area contributed by atoms with Crippen molar-refractivity contribution in [2.75, 3.05) is 13.1 Å². The first kappa shape index (κ1) is 18.5. The molecule has 0 aliphatic heterocycles. The molecule has 3 aromatic rings. The van der Waals surface area contributed by atoms with E-state index in [1.807, 2.05) is 0 Å². The summed E-state index contributed by atoms with van der Waals surface area (Å²) in [6.45, 7) is 0.532. The summed E-state index contributed by atoms with van der Waals surface area (Å²) in [6, 6.07) is 5.13. The van der Waals surface area contributed by atoms with Crippen LogP contribution in [0.25, 0.3) is 0 Å². The molecule has 2 N–H and O–H groups in total. The third-order valence-corrected chi connectivity index (χ3v) is 3.57. The zero-order valence-electron chi connectivity index (χ0n) is 13.9. The minimum atomic E-state index is -0.566. The molecular weight excluding hydrogens is 379 g/mol. The maximum atomic E-state index is 12.8. The third-order valence-electron chi connectivity index (χ3n) is 3.37. The standard InChI is InChI=1S/C16H14ClFN6O3/c17-11-7-21-24(8-11)9-13-22-16(27-23-13)15(26)20-6-5-19-14(25)10-1-3-12(18)4-2-10/h1-4,7-8H,5-6,9H2,(H,19,25)(H,20,26). The van der Waals surface area contributed by atoms with Crippen molar-refractivity contribution in [3.8, 4) is 0 Å². The molecule has 0 saturated heterocycles. The first-order valence-electron chi connectivity index (χ1n) is 7.84. The Morgan fingerprint density at radius 3 is 2.52 bits per heavy atom. The lowest BCUT2D eigenvalue weighted by Gasteiger charge is -2.05. The second-order valence-electron chi connectivity index (χ2n) is 5.39. The number of benzene rings is 1. The number of nitrogens with zero attached hydrogens (tertiary/aromatic N) is 4. The minimum absolute atomic E-state index is 0.151. The van der Waals surface area contributed by atoms with Gasteiger partial charge in [0.25, 0.3) is 5.91 Å². The smallest absolute Gasteiger partial charge is 0.316 e. The largest absolute Gasteiger partial charge is 0.350 e. The predicted molar refractivity (Wildman–Crippen MR) is 91.7 cm³/mol. The van der Waals surface area contributed by atoms with Gasteiger partial charge in [-0.2, -0.15) is 10.1 Å². The highest BCUT2D eigenvalue weighted by Gasteiger charge is 2.15. The van der Waals surface area contributed by atoms with Crippen molar-refractivity contribution >= 4 is 23.4 Å². The lowest BCUT2D eigenvalue weighted by molar-refractivity contribution is 0.0898. The number of carbonyl (C=O) groups excluding carboxylic acids is 2. The molecule has 9 nitrogen and oxygen atoms in total. The second kappa shape index (κ2) is 8.41. The Bertz CT molecular complexity index is 940. The molecule has 0 aliphatic carbocycles. The summed E-state index contributed by atoms with van der Waals surface area (Å²) >= 11 is 5.76. The van der Waals surface area contributed by atoms with Gasteiger partial charge < -0.3 is 15.2 Å². The van der Waals surface area contributed by atoms with Crippen molar-refractivity contribution in [2.45, 2.75) is 6.54 Å². The van der Waals surface area contributed by atoms with Crippen LogP contribution in [0.2, 0.25) is 5.02 Å². The fourth-order valence-corrected chi connectivity index (χ4v) is 2.27. The van der Waals surface area contributed by atoms with Crippen molar-refractivity contribution in [3.05, 3.63) is 64.8 Å². The highest BCUT2D eigenvalue weighted by atomic mass is 35.5. The quantitative estimate of drug-likeness (QED) is 0.585. The number of rotatable bonds is 7. The molecule has 0 radical (unpaired) electrons. The minimum Gasteiger partial charge on any atom is -0.350 e. The van der Waals surface area contributed by atoms with Crippen LogP contribution in [0, 0.1) is 5.82 Å². The summed E-state index contributed by atoms with van der Waals surface area (Å²) in [7, 11) is 0. The van der Waals surface area contributed by atoms with Crippen LogP contribution in [0.15, 0.2) is 41.2 Å². The first-order chi connectivity index (χ1) is 13.0. The van der Waals surface area contributed by atoms with Gasteiger partial charge >= 0.3 is 11.8 Å². The van der Waals surface area contributed by atoms with Gasteiger partial charge in [0.1, 0.15) is 12.4 Å². The SMILES string of the molecule is O=C(NCCNC(=O)c1nc(Cn2cc(Cl)cn2)no1)c1ccc(F)cc1. The first-order valence-corrected chi connectivity index (χ1v) is 8.21. The van der Waals surface area contributed by atoms with Crippen LogP contribution in [0.3, 0.4) is 0 Å². The van der Waals surface area contributed by atoms with E-state index in [4.69, 9.17) is 16.1 Å². The van der Waals surface area contributed by atoms with Crippen molar-refractivity contribution in [1.82, 2.24) is 30.6 Å². The molecule has 140 valence electrons. The Labute approximate surface area is 157 Å². The summed E-state index contributed by atoms with van der Waals surface area (Å²) < 4.78 is 19.2. The Kier molecular flexibility index (Phi) is 5.77. The number of hydrogen-bond acceptors (Lipinski definition) is 6. The van der Waals surface area contributed by atoms with E-state index in [-0.39, 0.29) is 37.3 Å². The van der Waals surface area contributed by atoms with Crippen LogP contribution in [-0.4, -0.2) is 44.8 Å². The Morgan fingerprint density at radius 2 is 1.85 bits per heavy atom. The topological polar surface area (TPSA) is 115 Å². The van der Waals surface area contributed by atoms with Gasteiger partial charge in [-0.1, -0.05) is 16.8 Å². The fraction of sp³-hybridized carbons (Fsp3) is 0.188. The van der Waals surface area contributed by atoms with Crippen LogP contribution < -0.4 is 10.6 Å². The predicted octanol–water partition coefficient (Wildman–Crippen LogP) is 1.27. The van der Waals surface area contributed by atoms with E-state index in [0.29, 0.717) is 10.6 Å². The number of carbonyl (C=O) groups is 2. The Balaban J connectivity index is 1.43. The third kappa shape index (κ3) is 5.11. The van der Waals surface area contributed by atoms with Crippen LogP contribution in [0.5, 0.6) is 0 Å².